The van der Waals surface area contributed by atoms with Crippen molar-refractivity contribution < 1.29 is 9.52 Å². The number of phenolic OH excluding ortho intramolecular Hbond substituents is 1. The molecule has 2 aromatic rings. The van der Waals surface area contributed by atoms with E-state index in [2.05, 4.69) is 22.5 Å². The van der Waals surface area contributed by atoms with Crippen molar-refractivity contribution in [3.63, 3.8) is 0 Å². The Morgan fingerprint density at radius 3 is 2.72 bits per heavy atom. The van der Waals surface area contributed by atoms with Gasteiger partial charge in [-0.3, -0.25) is 0 Å². The third kappa shape index (κ3) is 2.20. The van der Waals surface area contributed by atoms with Gasteiger partial charge in [0.15, 0.2) is 0 Å². The molecule has 1 N–H and O–H groups in total. The fourth-order valence-corrected chi connectivity index (χ4v) is 2.31. The van der Waals surface area contributed by atoms with E-state index < -0.39 is 5.63 Å². The van der Waals surface area contributed by atoms with Crippen molar-refractivity contribution >= 4 is 26.9 Å². The molecule has 0 fully saturated rings. The summed E-state index contributed by atoms with van der Waals surface area (Å²) in [6.45, 7) is 7.36. The Morgan fingerprint density at radius 2 is 2.11 bits per heavy atom. The third-order valence-electron chi connectivity index (χ3n) is 2.91. The Morgan fingerprint density at radius 1 is 1.44 bits per heavy atom. The molecule has 0 spiro atoms. The molecular formula is C14H13BrO3. The van der Waals surface area contributed by atoms with Gasteiger partial charge in [-0.25, -0.2) is 4.79 Å². The van der Waals surface area contributed by atoms with Gasteiger partial charge in [0, 0.05) is 23.4 Å². The highest BCUT2D eigenvalue weighted by atomic mass is 79.9. The highest BCUT2D eigenvalue weighted by Gasteiger charge is 2.13. The van der Waals surface area contributed by atoms with Gasteiger partial charge < -0.3 is 9.52 Å². The minimum Gasteiger partial charge on any atom is -0.507 e. The number of hydrogen-bond acceptors (Lipinski definition) is 3. The van der Waals surface area contributed by atoms with E-state index in [1.165, 1.54) is 6.07 Å². The second-order valence-corrected chi connectivity index (χ2v) is 5.45. The van der Waals surface area contributed by atoms with Crippen LogP contribution in [-0.2, 0) is 6.42 Å². The van der Waals surface area contributed by atoms with Crippen molar-refractivity contribution in [2.75, 3.05) is 0 Å². The van der Waals surface area contributed by atoms with Crippen molar-refractivity contribution in [2.45, 2.75) is 20.3 Å². The van der Waals surface area contributed by atoms with Crippen LogP contribution in [0.25, 0.3) is 11.0 Å². The molecule has 0 aliphatic carbocycles. The lowest BCUT2D eigenvalue weighted by Gasteiger charge is -2.10. The molecule has 0 aliphatic rings. The van der Waals surface area contributed by atoms with Crippen molar-refractivity contribution in [1.82, 2.24) is 0 Å². The molecule has 18 heavy (non-hydrogen) atoms. The molecule has 0 amide bonds. The number of halogens is 1. The van der Waals surface area contributed by atoms with E-state index in [9.17, 15) is 9.90 Å². The van der Waals surface area contributed by atoms with Crippen LogP contribution in [0.15, 0.2) is 32.4 Å². The number of allylic oxidation sites excluding steroid dienone is 1. The number of phenols is 1. The molecule has 3 nitrogen and oxygen atoms in total. The molecule has 0 radical (unpaired) electrons. The zero-order chi connectivity index (χ0) is 13.4. The van der Waals surface area contributed by atoms with Gasteiger partial charge in [0.2, 0.25) is 0 Å². The summed E-state index contributed by atoms with van der Waals surface area (Å²) in [6.07, 6.45) is 0.529. The smallest absolute Gasteiger partial charge is 0.336 e. The summed E-state index contributed by atoms with van der Waals surface area (Å²) < 4.78 is 5.95. The number of fused-ring (bicyclic) bond motifs is 1. The number of hydrogen-bond donors (Lipinski definition) is 1. The molecule has 0 aliphatic heterocycles. The van der Waals surface area contributed by atoms with Crippen molar-refractivity contribution in [1.29, 1.82) is 0 Å². The SMILES string of the molecule is C=C(Br)Cc1cc2c(C)cc(=O)oc2c(C)c1O. The third-order valence-corrected chi connectivity index (χ3v) is 3.19. The van der Waals surface area contributed by atoms with Crippen molar-refractivity contribution in [2.24, 2.45) is 0 Å². The van der Waals surface area contributed by atoms with Gasteiger partial charge >= 0.3 is 5.63 Å². The van der Waals surface area contributed by atoms with E-state index in [-0.39, 0.29) is 5.75 Å². The molecule has 1 aromatic heterocycles. The standard InChI is InChI=1S/C14H13BrO3/c1-7-4-12(16)18-14-9(3)13(17)10(5-8(2)15)6-11(7)14/h4,6,17H,2,5H2,1,3H3. The number of aryl methyl sites for hydroxylation is 2. The van der Waals surface area contributed by atoms with Crippen LogP contribution >= 0.6 is 15.9 Å². The predicted octanol–water partition coefficient (Wildman–Crippen LogP) is 3.57. The van der Waals surface area contributed by atoms with Gasteiger partial charge in [-0.05, 0) is 35.5 Å². The summed E-state index contributed by atoms with van der Waals surface area (Å²) in [5.41, 5.74) is 2.23. The molecule has 4 heteroatoms. The highest BCUT2D eigenvalue weighted by Crippen LogP contribution is 2.33. The van der Waals surface area contributed by atoms with Crippen LogP contribution in [-0.4, -0.2) is 5.11 Å². The molecule has 1 heterocycles. The van der Waals surface area contributed by atoms with Gasteiger partial charge in [0.05, 0.1) is 0 Å². The minimum atomic E-state index is -0.403. The maximum absolute atomic E-state index is 11.4. The van der Waals surface area contributed by atoms with Crippen LogP contribution in [0, 0.1) is 13.8 Å². The first-order valence-corrected chi connectivity index (χ1v) is 6.28. The van der Waals surface area contributed by atoms with E-state index in [1.54, 1.807) is 6.92 Å². The fourth-order valence-electron chi connectivity index (χ4n) is 2.01. The summed E-state index contributed by atoms with van der Waals surface area (Å²) in [4.78, 5) is 11.4. The molecule has 2 rings (SSSR count). The van der Waals surface area contributed by atoms with Crippen LogP contribution in [0.2, 0.25) is 0 Å². The summed E-state index contributed by atoms with van der Waals surface area (Å²) in [5, 5.41) is 10.9. The second-order valence-electron chi connectivity index (χ2n) is 4.33. The first-order chi connectivity index (χ1) is 8.40. The van der Waals surface area contributed by atoms with Crippen LogP contribution in [0.5, 0.6) is 5.75 Å². The largest absolute Gasteiger partial charge is 0.507 e. The van der Waals surface area contributed by atoms with E-state index in [0.717, 1.165) is 21.0 Å². The molecule has 0 atom stereocenters. The highest BCUT2D eigenvalue weighted by molar-refractivity contribution is 9.11. The number of aromatic hydroxyl groups is 1. The minimum absolute atomic E-state index is 0.150. The molecule has 0 saturated carbocycles. The number of rotatable bonds is 2. The van der Waals surface area contributed by atoms with Gasteiger partial charge in [0.1, 0.15) is 11.3 Å². The Balaban J connectivity index is 2.83. The summed E-state index contributed by atoms with van der Waals surface area (Å²) in [6, 6.07) is 3.29. The predicted molar refractivity (Wildman–Crippen MR) is 75.4 cm³/mol. The van der Waals surface area contributed by atoms with E-state index >= 15 is 0 Å². The average molecular weight is 309 g/mol. The van der Waals surface area contributed by atoms with Gasteiger partial charge in [0.25, 0.3) is 0 Å². The fraction of sp³-hybridized carbons (Fsp3) is 0.214. The quantitative estimate of drug-likeness (QED) is 0.863. The van der Waals surface area contributed by atoms with Crippen LogP contribution < -0.4 is 5.63 Å². The first-order valence-electron chi connectivity index (χ1n) is 5.49. The second kappa shape index (κ2) is 4.61. The molecular weight excluding hydrogens is 296 g/mol. The zero-order valence-corrected chi connectivity index (χ0v) is 11.8. The molecule has 0 unspecified atom stereocenters. The topological polar surface area (TPSA) is 50.4 Å². The lowest BCUT2D eigenvalue weighted by molar-refractivity contribution is 0.462. The lowest BCUT2D eigenvalue weighted by Crippen LogP contribution is -2.00. The number of benzene rings is 1. The summed E-state index contributed by atoms with van der Waals surface area (Å²) >= 11 is 3.29. The Kier molecular flexibility index (Phi) is 3.30. The van der Waals surface area contributed by atoms with Crippen molar-refractivity contribution in [3.05, 3.63) is 50.3 Å². The summed E-state index contributed by atoms with van der Waals surface area (Å²) in [7, 11) is 0. The van der Waals surface area contributed by atoms with Gasteiger partial charge in [-0.15, -0.1) is 0 Å². The van der Waals surface area contributed by atoms with Crippen molar-refractivity contribution in [3.8, 4) is 5.75 Å². The Hall–Kier alpha value is -1.55. The monoisotopic (exact) mass is 308 g/mol. The molecule has 94 valence electrons. The molecule has 0 bridgehead atoms. The molecule has 1 aromatic carbocycles. The molecule has 0 saturated heterocycles. The zero-order valence-electron chi connectivity index (χ0n) is 10.2. The maximum Gasteiger partial charge on any atom is 0.336 e. The van der Waals surface area contributed by atoms with Crippen LogP contribution in [0.1, 0.15) is 16.7 Å². The summed E-state index contributed by atoms with van der Waals surface area (Å²) in [5.74, 6) is 0.150. The average Bonchev–Trinajstić information content (AvgIpc) is 2.26. The van der Waals surface area contributed by atoms with Gasteiger partial charge in [-0.2, -0.15) is 0 Å². The van der Waals surface area contributed by atoms with Crippen LogP contribution in [0.4, 0.5) is 0 Å². The van der Waals surface area contributed by atoms with E-state index in [4.69, 9.17) is 4.42 Å². The van der Waals surface area contributed by atoms with Gasteiger partial charge in [-0.1, -0.05) is 22.5 Å². The normalized spacial score (nSPS) is 10.8. The Labute approximate surface area is 113 Å². The first kappa shape index (κ1) is 12.9. The maximum atomic E-state index is 11.4. The van der Waals surface area contributed by atoms with E-state index in [0.29, 0.717) is 17.6 Å². The van der Waals surface area contributed by atoms with E-state index in [1.807, 2.05) is 13.0 Å². The van der Waals surface area contributed by atoms with Crippen LogP contribution in [0.3, 0.4) is 0 Å². The lowest BCUT2D eigenvalue weighted by atomic mass is 10.0. The Bertz CT molecular complexity index is 698.